The summed E-state index contributed by atoms with van der Waals surface area (Å²) in [5.41, 5.74) is 7.07. The van der Waals surface area contributed by atoms with E-state index in [-0.39, 0.29) is 18.7 Å². The van der Waals surface area contributed by atoms with E-state index in [1.54, 1.807) is 12.1 Å². The van der Waals surface area contributed by atoms with Gasteiger partial charge in [-0.15, -0.1) is 0 Å². The van der Waals surface area contributed by atoms with Gasteiger partial charge >= 0.3 is 6.18 Å². The Bertz CT molecular complexity index is 477. The molecule has 0 aliphatic carbocycles. The summed E-state index contributed by atoms with van der Waals surface area (Å²) in [5, 5.41) is 7.52. The molecule has 1 aliphatic heterocycles. The molecule has 0 unspecified atom stereocenters. The Balaban J connectivity index is 1.98. The van der Waals surface area contributed by atoms with Gasteiger partial charge in [-0.3, -0.25) is 10.3 Å². The van der Waals surface area contributed by atoms with Gasteiger partial charge in [-0.1, -0.05) is 24.3 Å². The Morgan fingerprint density at radius 1 is 1.25 bits per heavy atom. The van der Waals surface area contributed by atoms with Crippen molar-refractivity contribution in [3.63, 3.8) is 0 Å². The first-order valence-electron chi connectivity index (χ1n) is 6.59. The number of hydrogen-bond acceptors (Lipinski definition) is 2. The van der Waals surface area contributed by atoms with Crippen LogP contribution in [-0.4, -0.2) is 30.0 Å². The van der Waals surface area contributed by atoms with Gasteiger partial charge in [0.05, 0.1) is 5.92 Å². The summed E-state index contributed by atoms with van der Waals surface area (Å²) >= 11 is 0. The monoisotopic (exact) mass is 285 g/mol. The highest BCUT2D eigenvalue weighted by atomic mass is 19.4. The average Bonchev–Trinajstić information content (AvgIpc) is 2.38. The van der Waals surface area contributed by atoms with Crippen LogP contribution in [0.3, 0.4) is 0 Å². The first kappa shape index (κ1) is 14.8. The largest absolute Gasteiger partial charge is 0.391 e. The van der Waals surface area contributed by atoms with Crippen molar-refractivity contribution in [2.24, 2.45) is 11.7 Å². The molecule has 0 saturated carbocycles. The summed E-state index contributed by atoms with van der Waals surface area (Å²) in [6.07, 6.45) is -3.79. The molecular weight excluding hydrogens is 267 g/mol. The van der Waals surface area contributed by atoms with Crippen molar-refractivity contribution in [1.82, 2.24) is 4.90 Å². The van der Waals surface area contributed by atoms with Crippen LogP contribution in [-0.2, 0) is 6.54 Å². The van der Waals surface area contributed by atoms with E-state index in [1.807, 2.05) is 17.0 Å². The highest BCUT2D eigenvalue weighted by Gasteiger charge is 2.40. The van der Waals surface area contributed by atoms with Crippen LogP contribution in [0.2, 0.25) is 0 Å². The van der Waals surface area contributed by atoms with Gasteiger partial charge in [0, 0.05) is 12.1 Å². The van der Waals surface area contributed by atoms with Crippen LogP contribution in [0.5, 0.6) is 0 Å². The van der Waals surface area contributed by atoms with Gasteiger partial charge in [-0.2, -0.15) is 13.2 Å². The van der Waals surface area contributed by atoms with E-state index in [1.165, 1.54) is 0 Å². The molecule has 6 heteroatoms. The first-order valence-corrected chi connectivity index (χ1v) is 6.59. The average molecular weight is 285 g/mol. The minimum atomic E-state index is -4.08. The van der Waals surface area contributed by atoms with Crippen molar-refractivity contribution in [2.45, 2.75) is 25.6 Å². The molecule has 1 aliphatic rings. The van der Waals surface area contributed by atoms with Crippen molar-refractivity contribution in [3.8, 4) is 0 Å². The van der Waals surface area contributed by atoms with Crippen LogP contribution >= 0.6 is 0 Å². The van der Waals surface area contributed by atoms with Gasteiger partial charge in [0.15, 0.2) is 0 Å². The second kappa shape index (κ2) is 5.83. The molecule has 0 aromatic heterocycles. The molecule has 0 spiro atoms. The van der Waals surface area contributed by atoms with E-state index in [0.29, 0.717) is 25.2 Å². The van der Waals surface area contributed by atoms with Gasteiger partial charge < -0.3 is 5.73 Å². The third kappa shape index (κ3) is 3.50. The number of amidine groups is 1. The van der Waals surface area contributed by atoms with Crippen molar-refractivity contribution < 1.29 is 13.2 Å². The normalized spacial score (nSPS) is 18.1. The van der Waals surface area contributed by atoms with Gasteiger partial charge in [0.25, 0.3) is 0 Å². The molecule has 1 aromatic rings. The minimum Gasteiger partial charge on any atom is -0.384 e. The first-order chi connectivity index (χ1) is 9.38. The Morgan fingerprint density at radius 2 is 1.85 bits per heavy atom. The van der Waals surface area contributed by atoms with E-state index in [4.69, 9.17) is 11.1 Å². The topological polar surface area (TPSA) is 53.1 Å². The number of hydrogen-bond donors (Lipinski definition) is 2. The molecule has 3 N–H and O–H groups in total. The molecule has 1 aromatic carbocycles. The van der Waals surface area contributed by atoms with E-state index < -0.39 is 12.1 Å². The fraction of sp³-hybridized carbons (Fsp3) is 0.500. The lowest BCUT2D eigenvalue weighted by atomic mass is 9.95. The SMILES string of the molecule is N=C(N)c1ccccc1CN1CCC(C(F)(F)F)CC1. The number of nitrogens with zero attached hydrogens (tertiary/aromatic N) is 1. The fourth-order valence-electron chi connectivity index (χ4n) is 2.58. The van der Waals surface area contributed by atoms with Crippen molar-refractivity contribution in [1.29, 1.82) is 5.41 Å². The van der Waals surface area contributed by atoms with Crippen molar-refractivity contribution in [2.75, 3.05) is 13.1 Å². The Morgan fingerprint density at radius 3 is 2.40 bits per heavy atom. The molecular formula is C14H18F3N3. The Labute approximate surface area is 116 Å². The number of alkyl halides is 3. The van der Waals surface area contributed by atoms with Crippen molar-refractivity contribution >= 4 is 5.84 Å². The number of benzene rings is 1. The highest BCUT2D eigenvalue weighted by Crippen LogP contribution is 2.34. The molecule has 20 heavy (non-hydrogen) atoms. The maximum absolute atomic E-state index is 12.6. The highest BCUT2D eigenvalue weighted by molar-refractivity contribution is 5.96. The second-order valence-electron chi connectivity index (χ2n) is 5.16. The van der Waals surface area contributed by atoms with Gasteiger partial charge in [0.2, 0.25) is 0 Å². The van der Waals surface area contributed by atoms with Gasteiger partial charge in [-0.05, 0) is 31.5 Å². The molecule has 3 nitrogen and oxygen atoms in total. The standard InChI is InChI=1S/C14H18F3N3/c15-14(16,17)11-5-7-20(8-6-11)9-10-3-1-2-4-12(10)13(18)19/h1-4,11H,5-9H2,(H3,18,19). The number of likely N-dealkylation sites (tertiary alicyclic amines) is 1. The molecule has 1 saturated heterocycles. The lowest BCUT2D eigenvalue weighted by molar-refractivity contribution is -0.185. The lowest BCUT2D eigenvalue weighted by Crippen LogP contribution is -2.38. The summed E-state index contributed by atoms with van der Waals surface area (Å²) < 4.78 is 37.8. The Kier molecular flexibility index (Phi) is 4.32. The molecule has 110 valence electrons. The quantitative estimate of drug-likeness (QED) is 0.663. The number of halogens is 3. The molecule has 0 atom stereocenters. The zero-order valence-electron chi connectivity index (χ0n) is 11.1. The number of nitrogens with one attached hydrogen (secondary N) is 1. The van der Waals surface area contributed by atoms with Crippen LogP contribution in [0.4, 0.5) is 13.2 Å². The van der Waals surface area contributed by atoms with Crippen LogP contribution in [0.1, 0.15) is 24.0 Å². The smallest absolute Gasteiger partial charge is 0.384 e. The third-order valence-corrected chi connectivity index (χ3v) is 3.75. The number of nitrogens with two attached hydrogens (primary N) is 1. The molecule has 2 rings (SSSR count). The van der Waals surface area contributed by atoms with Crippen LogP contribution in [0.15, 0.2) is 24.3 Å². The summed E-state index contributed by atoms with van der Waals surface area (Å²) in [4.78, 5) is 1.99. The molecule has 0 amide bonds. The predicted octanol–water partition coefficient (Wildman–Crippen LogP) is 2.74. The van der Waals surface area contributed by atoms with Crippen LogP contribution in [0, 0.1) is 11.3 Å². The van der Waals surface area contributed by atoms with Crippen LogP contribution < -0.4 is 5.73 Å². The van der Waals surface area contributed by atoms with Crippen molar-refractivity contribution in [3.05, 3.63) is 35.4 Å². The number of piperidine rings is 1. The number of rotatable bonds is 3. The van der Waals surface area contributed by atoms with Crippen LogP contribution in [0.25, 0.3) is 0 Å². The maximum Gasteiger partial charge on any atom is 0.391 e. The van der Waals surface area contributed by atoms with Gasteiger partial charge in [-0.25, -0.2) is 0 Å². The summed E-state index contributed by atoms with van der Waals surface area (Å²) in [6, 6.07) is 7.28. The van der Waals surface area contributed by atoms with E-state index in [9.17, 15) is 13.2 Å². The van der Waals surface area contributed by atoms with E-state index in [2.05, 4.69) is 0 Å². The predicted molar refractivity (Wildman–Crippen MR) is 71.5 cm³/mol. The fourth-order valence-corrected chi connectivity index (χ4v) is 2.58. The Hall–Kier alpha value is -1.56. The summed E-state index contributed by atoms with van der Waals surface area (Å²) in [5.74, 6) is -1.19. The zero-order chi connectivity index (χ0) is 14.8. The summed E-state index contributed by atoms with van der Waals surface area (Å²) in [6.45, 7) is 1.40. The molecule has 0 bridgehead atoms. The summed E-state index contributed by atoms with van der Waals surface area (Å²) in [7, 11) is 0. The number of nitrogen functional groups attached to an aromatic ring is 1. The second-order valence-corrected chi connectivity index (χ2v) is 5.16. The maximum atomic E-state index is 12.6. The molecule has 1 heterocycles. The zero-order valence-corrected chi connectivity index (χ0v) is 11.1. The van der Waals surface area contributed by atoms with E-state index >= 15 is 0 Å². The van der Waals surface area contributed by atoms with E-state index in [0.717, 1.165) is 5.56 Å². The molecule has 0 radical (unpaired) electrons. The third-order valence-electron chi connectivity index (χ3n) is 3.75. The lowest BCUT2D eigenvalue weighted by Gasteiger charge is -2.33. The molecule has 1 fully saturated rings. The minimum absolute atomic E-state index is 0.00854. The van der Waals surface area contributed by atoms with Gasteiger partial charge in [0.1, 0.15) is 5.84 Å².